The molecular formula is C32H32ClF3N8O. The van der Waals surface area contributed by atoms with Gasteiger partial charge < -0.3 is 20.6 Å². The number of halogens is 4. The van der Waals surface area contributed by atoms with Crippen LogP contribution in [-0.2, 0) is 7.05 Å². The molecule has 0 bridgehead atoms. The van der Waals surface area contributed by atoms with E-state index < -0.39 is 24.2 Å². The second kappa shape index (κ2) is 12.0. The number of hydrazine groups is 2. The van der Waals surface area contributed by atoms with Gasteiger partial charge >= 0.3 is 6.18 Å². The Hall–Kier alpha value is -4.73. The molecule has 0 aliphatic carbocycles. The number of pyridine rings is 2. The molecule has 0 radical (unpaired) electrons. The minimum Gasteiger partial charge on any atom is -0.382 e. The molecule has 234 valence electrons. The molecule has 4 aromatic rings. The van der Waals surface area contributed by atoms with Crippen LogP contribution >= 0.6 is 11.6 Å². The van der Waals surface area contributed by atoms with Crippen LogP contribution in [0.5, 0.6) is 0 Å². The minimum atomic E-state index is -4.47. The van der Waals surface area contributed by atoms with Gasteiger partial charge in [-0.15, -0.1) is 5.53 Å². The summed E-state index contributed by atoms with van der Waals surface area (Å²) in [5.41, 5.74) is 7.43. The van der Waals surface area contributed by atoms with Crippen LogP contribution in [-0.4, -0.2) is 27.3 Å². The van der Waals surface area contributed by atoms with Gasteiger partial charge in [-0.25, -0.2) is 0 Å². The molecule has 2 aromatic heterocycles. The highest BCUT2D eigenvalue weighted by Gasteiger charge is 2.47. The third-order valence-corrected chi connectivity index (χ3v) is 8.23. The Labute approximate surface area is 262 Å². The van der Waals surface area contributed by atoms with Gasteiger partial charge in [-0.2, -0.15) is 18.4 Å². The van der Waals surface area contributed by atoms with E-state index in [1.165, 1.54) is 10.8 Å². The maximum atomic E-state index is 13.7. The van der Waals surface area contributed by atoms with Gasteiger partial charge in [0.1, 0.15) is 6.07 Å². The standard InChI is InChI=1S/C32H32ClF3N8O/c1-6-18(2)44-16-26(41-42-44)29(22-8-7-9-23-21(22)10-11-43(5)30(23)45)40-20-12-24-27(39-17-31(3,4)32(34,35)36)19(14-37)15-38-28(24)25(33)13-20/h7-13,15-16,29,40-42H,2,6,17H2,1,3-5H3,(H,38,39)/t29-/m0/s1. The lowest BCUT2D eigenvalue weighted by molar-refractivity contribution is -0.206. The van der Waals surface area contributed by atoms with Crippen molar-refractivity contribution in [1.82, 2.24) is 25.5 Å². The van der Waals surface area contributed by atoms with E-state index in [0.29, 0.717) is 34.1 Å². The molecule has 2 aromatic carbocycles. The summed E-state index contributed by atoms with van der Waals surface area (Å²) in [5.74, 6) is 0. The van der Waals surface area contributed by atoms with E-state index in [2.05, 4.69) is 33.2 Å². The quantitative estimate of drug-likeness (QED) is 0.158. The summed E-state index contributed by atoms with van der Waals surface area (Å²) in [7, 11) is 1.69. The van der Waals surface area contributed by atoms with Crippen LogP contribution < -0.4 is 27.2 Å². The number of anilines is 2. The van der Waals surface area contributed by atoms with Crippen molar-refractivity contribution < 1.29 is 13.2 Å². The molecule has 3 heterocycles. The average Bonchev–Trinajstić information content (AvgIpc) is 3.49. The monoisotopic (exact) mass is 636 g/mol. The third kappa shape index (κ3) is 6.01. The zero-order chi connectivity index (χ0) is 32.7. The first kappa shape index (κ1) is 31.7. The van der Waals surface area contributed by atoms with Gasteiger partial charge in [0.15, 0.2) is 0 Å². The molecule has 5 rings (SSSR count). The van der Waals surface area contributed by atoms with Crippen molar-refractivity contribution in [3.05, 3.63) is 99.5 Å². The smallest absolute Gasteiger partial charge is 0.382 e. The molecule has 13 heteroatoms. The molecule has 1 aliphatic heterocycles. The summed E-state index contributed by atoms with van der Waals surface area (Å²) in [6, 6.07) is 12.2. The number of aromatic nitrogens is 2. The molecule has 9 nitrogen and oxygen atoms in total. The van der Waals surface area contributed by atoms with Gasteiger partial charge in [0.05, 0.1) is 38.9 Å². The van der Waals surface area contributed by atoms with Crippen molar-refractivity contribution in [2.75, 3.05) is 17.2 Å². The Balaban J connectivity index is 1.65. The normalized spacial score (nSPS) is 14.2. The maximum Gasteiger partial charge on any atom is 0.395 e. The van der Waals surface area contributed by atoms with E-state index in [-0.39, 0.29) is 21.8 Å². The Morgan fingerprint density at radius 2 is 1.96 bits per heavy atom. The summed E-state index contributed by atoms with van der Waals surface area (Å²) in [6.07, 6.45) is 1.06. The SMILES string of the molecule is C=C(CC)N1C=C([C@@H](Nc2cc(Cl)c3ncc(C#N)c(NCC(C)(C)C(F)(F)F)c3c2)c2cccc3c(=O)n(C)ccc23)NN1. The van der Waals surface area contributed by atoms with Gasteiger partial charge in [0.25, 0.3) is 5.56 Å². The van der Waals surface area contributed by atoms with Gasteiger partial charge in [-0.1, -0.05) is 37.2 Å². The predicted molar refractivity (Wildman–Crippen MR) is 171 cm³/mol. The Bertz CT molecular complexity index is 1940. The van der Waals surface area contributed by atoms with Crippen LogP contribution in [0.25, 0.3) is 21.7 Å². The lowest BCUT2D eigenvalue weighted by atomic mass is 9.92. The molecule has 0 spiro atoms. The van der Waals surface area contributed by atoms with Crippen molar-refractivity contribution in [3.63, 3.8) is 0 Å². The van der Waals surface area contributed by atoms with Crippen molar-refractivity contribution >= 4 is 44.7 Å². The highest BCUT2D eigenvalue weighted by molar-refractivity contribution is 6.35. The number of allylic oxidation sites excluding steroid dienone is 1. The number of alkyl halides is 3. The van der Waals surface area contributed by atoms with Crippen molar-refractivity contribution in [2.45, 2.75) is 39.4 Å². The molecular weight excluding hydrogens is 605 g/mol. The zero-order valence-electron chi connectivity index (χ0n) is 25.1. The van der Waals surface area contributed by atoms with Crippen molar-refractivity contribution in [1.29, 1.82) is 5.26 Å². The number of nitrogens with one attached hydrogen (secondary N) is 4. The lowest BCUT2D eigenvalue weighted by Crippen LogP contribution is -2.38. The van der Waals surface area contributed by atoms with E-state index in [4.69, 9.17) is 11.6 Å². The fraction of sp³-hybridized carbons (Fsp3) is 0.281. The highest BCUT2D eigenvalue weighted by Crippen LogP contribution is 2.40. The number of hydrogen-bond donors (Lipinski definition) is 4. The van der Waals surface area contributed by atoms with Crippen LogP contribution in [0.2, 0.25) is 5.02 Å². The fourth-order valence-corrected chi connectivity index (χ4v) is 5.25. The molecule has 1 aliphatic rings. The van der Waals surface area contributed by atoms with Gasteiger partial charge in [0, 0.05) is 54.3 Å². The molecule has 0 unspecified atom stereocenters. The van der Waals surface area contributed by atoms with E-state index in [1.54, 1.807) is 42.5 Å². The summed E-state index contributed by atoms with van der Waals surface area (Å²) in [4.78, 5) is 17.3. The molecule has 0 saturated heterocycles. The number of aryl methyl sites for hydroxylation is 1. The molecule has 45 heavy (non-hydrogen) atoms. The van der Waals surface area contributed by atoms with E-state index >= 15 is 0 Å². The van der Waals surface area contributed by atoms with Crippen LogP contribution in [0.4, 0.5) is 24.5 Å². The zero-order valence-corrected chi connectivity index (χ0v) is 25.9. The number of fused-ring (bicyclic) bond motifs is 2. The fourth-order valence-electron chi connectivity index (χ4n) is 4.98. The highest BCUT2D eigenvalue weighted by atomic mass is 35.5. The molecule has 0 amide bonds. The lowest BCUT2D eigenvalue weighted by Gasteiger charge is -2.29. The van der Waals surface area contributed by atoms with E-state index in [0.717, 1.165) is 30.5 Å². The summed E-state index contributed by atoms with van der Waals surface area (Å²) in [6.45, 7) is 7.76. The molecule has 0 fully saturated rings. The van der Waals surface area contributed by atoms with Gasteiger partial charge in [0.2, 0.25) is 0 Å². The predicted octanol–water partition coefficient (Wildman–Crippen LogP) is 6.86. The van der Waals surface area contributed by atoms with Gasteiger partial charge in [-0.3, -0.25) is 14.8 Å². The largest absolute Gasteiger partial charge is 0.395 e. The average molecular weight is 637 g/mol. The third-order valence-electron chi connectivity index (χ3n) is 7.95. The molecule has 4 N–H and O–H groups in total. The maximum absolute atomic E-state index is 13.7. The Kier molecular flexibility index (Phi) is 8.44. The van der Waals surface area contributed by atoms with E-state index in [9.17, 15) is 23.2 Å². The number of rotatable bonds is 9. The molecule has 1 atom stereocenters. The van der Waals surface area contributed by atoms with Crippen LogP contribution in [0, 0.1) is 16.7 Å². The Morgan fingerprint density at radius 1 is 1.20 bits per heavy atom. The summed E-state index contributed by atoms with van der Waals surface area (Å²) in [5, 5.41) is 19.8. The Morgan fingerprint density at radius 3 is 2.64 bits per heavy atom. The second-order valence-electron chi connectivity index (χ2n) is 11.5. The van der Waals surface area contributed by atoms with Gasteiger partial charge in [-0.05, 0) is 55.5 Å². The first-order valence-corrected chi connectivity index (χ1v) is 14.5. The summed E-state index contributed by atoms with van der Waals surface area (Å²) < 4.78 is 42.5. The van der Waals surface area contributed by atoms with Crippen molar-refractivity contribution in [2.24, 2.45) is 12.5 Å². The van der Waals surface area contributed by atoms with Crippen LogP contribution in [0.3, 0.4) is 0 Å². The topological polar surface area (TPSA) is 110 Å². The van der Waals surface area contributed by atoms with E-state index in [1.807, 2.05) is 31.3 Å². The first-order valence-electron chi connectivity index (χ1n) is 14.1. The second-order valence-corrected chi connectivity index (χ2v) is 11.9. The number of nitriles is 1. The van der Waals surface area contributed by atoms with Crippen LogP contribution in [0.1, 0.15) is 44.4 Å². The molecule has 0 saturated carbocycles. The number of benzene rings is 2. The summed E-state index contributed by atoms with van der Waals surface area (Å²) >= 11 is 6.70. The minimum absolute atomic E-state index is 0.0771. The number of hydrogen-bond acceptors (Lipinski definition) is 8. The van der Waals surface area contributed by atoms with Crippen LogP contribution in [0.15, 0.2) is 77.8 Å². The first-order chi connectivity index (χ1) is 21.3. The van der Waals surface area contributed by atoms with Crippen molar-refractivity contribution in [3.8, 4) is 6.07 Å². The number of nitrogens with zero attached hydrogens (tertiary/aromatic N) is 4.